The lowest BCUT2D eigenvalue weighted by atomic mass is 10.0. The second-order valence-electron chi connectivity index (χ2n) is 10.1. The molecule has 0 saturated carbocycles. The van der Waals surface area contributed by atoms with Crippen molar-refractivity contribution in [3.8, 4) is 0 Å². The zero-order valence-electron chi connectivity index (χ0n) is 22.0. The summed E-state index contributed by atoms with van der Waals surface area (Å²) >= 11 is 0. The highest BCUT2D eigenvalue weighted by atomic mass is 16.1. The molecule has 0 aliphatic rings. The lowest BCUT2D eigenvalue weighted by molar-refractivity contribution is -0.121. The normalized spacial score (nSPS) is 12.2. The van der Waals surface area contributed by atoms with Crippen LogP contribution in [0.4, 0.5) is 0 Å². The molecule has 0 fully saturated rings. The Morgan fingerprint density at radius 3 is 1.23 bits per heavy atom. The summed E-state index contributed by atoms with van der Waals surface area (Å²) in [5.41, 5.74) is 0. The average Bonchev–Trinajstić information content (AvgIpc) is 2.75. The summed E-state index contributed by atoms with van der Waals surface area (Å²) in [7, 11) is 0. The van der Waals surface area contributed by atoms with Crippen LogP contribution >= 0.6 is 0 Å². The molecule has 1 amide bonds. The Kier molecular flexibility index (Phi) is 25.3. The Hall–Kier alpha value is -0.530. The molecule has 1 unspecified atom stereocenters. The van der Waals surface area contributed by atoms with Crippen molar-refractivity contribution in [2.45, 2.75) is 181 Å². The summed E-state index contributed by atoms with van der Waals surface area (Å²) in [6.45, 7) is 6.73. The van der Waals surface area contributed by atoms with Crippen LogP contribution in [0.1, 0.15) is 175 Å². The molecule has 0 aromatic heterocycles. The molecule has 0 radical (unpaired) electrons. The van der Waals surface area contributed by atoms with Gasteiger partial charge in [-0.25, -0.2) is 0 Å². The Morgan fingerprint density at radius 2 is 0.839 bits per heavy atom. The lowest BCUT2D eigenvalue weighted by Crippen LogP contribution is -2.32. The summed E-state index contributed by atoms with van der Waals surface area (Å²) in [6, 6.07) is 0.346. The molecule has 0 rings (SSSR count). The number of amides is 1. The molecule has 0 bridgehead atoms. The highest BCUT2D eigenvalue weighted by Gasteiger charge is 2.07. The van der Waals surface area contributed by atoms with Crippen LogP contribution in [0, 0.1) is 0 Å². The molecule has 0 aliphatic carbocycles. The minimum Gasteiger partial charge on any atom is -0.354 e. The Morgan fingerprint density at radius 1 is 0.516 bits per heavy atom. The van der Waals surface area contributed by atoms with Gasteiger partial charge in [-0.2, -0.15) is 0 Å². The Labute approximate surface area is 197 Å². The third-order valence-electron chi connectivity index (χ3n) is 6.66. The second-order valence-corrected chi connectivity index (χ2v) is 10.1. The van der Waals surface area contributed by atoms with Gasteiger partial charge in [-0.15, -0.1) is 0 Å². The van der Waals surface area contributed by atoms with Gasteiger partial charge in [-0.1, -0.05) is 149 Å². The number of rotatable bonds is 25. The Bertz CT molecular complexity index is 355. The molecule has 2 heteroatoms. The summed E-state index contributed by atoms with van der Waals surface area (Å²) in [5.74, 6) is 0.270. The van der Waals surface area contributed by atoms with Gasteiger partial charge in [0.25, 0.3) is 0 Å². The number of hydrogen-bond acceptors (Lipinski definition) is 1. The van der Waals surface area contributed by atoms with Crippen LogP contribution in [0.5, 0.6) is 0 Å². The molecule has 1 N–H and O–H groups in total. The van der Waals surface area contributed by atoms with Crippen molar-refractivity contribution in [1.82, 2.24) is 5.32 Å². The van der Waals surface area contributed by atoms with E-state index >= 15 is 0 Å². The summed E-state index contributed by atoms with van der Waals surface area (Å²) < 4.78 is 0. The van der Waals surface area contributed by atoms with E-state index in [1.807, 2.05) is 0 Å². The van der Waals surface area contributed by atoms with Crippen LogP contribution in [-0.4, -0.2) is 11.9 Å². The molecule has 0 spiro atoms. The van der Waals surface area contributed by atoms with Gasteiger partial charge >= 0.3 is 0 Å². The van der Waals surface area contributed by atoms with Crippen molar-refractivity contribution < 1.29 is 4.79 Å². The van der Waals surface area contributed by atoms with Gasteiger partial charge in [0.2, 0.25) is 5.91 Å². The minimum atomic E-state index is 0.270. The average molecular weight is 438 g/mol. The zero-order chi connectivity index (χ0) is 22.8. The molecular formula is C29H59NO. The minimum absolute atomic E-state index is 0.270. The van der Waals surface area contributed by atoms with Gasteiger partial charge in [-0.3, -0.25) is 4.79 Å². The van der Waals surface area contributed by atoms with Gasteiger partial charge in [0.1, 0.15) is 0 Å². The van der Waals surface area contributed by atoms with Gasteiger partial charge < -0.3 is 5.32 Å². The summed E-state index contributed by atoms with van der Waals surface area (Å²) in [4.78, 5) is 12.1. The van der Waals surface area contributed by atoms with Crippen LogP contribution in [0.25, 0.3) is 0 Å². The number of unbranched alkanes of at least 4 members (excludes halogenated alkanes) is 20. The molecule has 0 heterocycles. The summed E-state index contributed by atoms with van der Waals surface area (Å²) in [6.07, 6.45) is 31.8. The first-order valence-corrected chi connectivity index (χ1v) is 14.5. The number of hydrogen-bond donors (Lipinski definition) is 1. The van der Waals surface area contributed by atoms with Crippen molar-refractivity contribution in [2.75, 3.05) is 0 Å². The maximum Gasteiger partial charge on any atom is 0.220 e. The molecule has 31 heavy (non-hydrogen) atoms. The molecule has 1 atom stereocenters. The van der Waals surface area contributed by atoms with E-state index in [1.165, 1.54) is 135 Å². The molecule has 0 aliphatic heterocycles. The fourth-order valence-corrected chi connectivity index (χ4v) is 4.48. The van der Waals surface area contributed by atoms with E-state index in [2.05, 4.69) is 26.1 Å². The SMILES string of the molecule is CCCCCCCCCCCCCCCC(=O)NC(C)CCCCCCCCCCC. The van der Waals surface area contributed by atoms with Gasteiger partial charge in [-0.05, 0) is 19.8 Å². The van der Waals surface area contributed by atoms with Crippen LogP contribution in [0.3, 0.4) is 0 Å². The van der Waals surface area contributed by atoms with Crippen molar-refractivity contribution >= 4 is 5.91 Å². The van der Waals surface area contributed by atoms with E-state index in [0.717, 1.165) is 19.3 Å². The first-order valence-electron chi connectivity index (χ1n) is 14.5. The van der Waals surface area contributed by atoms with Crippen LogP contribution in [0.2, 0.25) is 0 Å². The molecule has 2 nitrogen and oxygen atoms in total. The fraction of sp³-hybridized carbons (Fsp3) is 0.966. The maximum atomic E-state index is 12.1. The highest BCUT2D eigenvalue weighted by Crippen LogP contribution is 2.14. The largest absolute Gasteiger partial charge is 0.354 e. The first kappa shape index (κ1) is 30.5. The molecule has 0 aromatic rings. The third kappa shape index (κ3) is 25.6. The second kappa shape index (κ2) is 25.7. The molecule has 0 saturated heterocycles. The van der Waals surface area contributed by atoms with Gasteiger partial charge in [0, 0.05) is 12.5 Å². The predicted octanol–water partition coefficient (Wildman–Crippen LogP) is 9.89. The molecule has 0 aromatic carbocycles. The van der Waals surface area contributed by atoms with E-state index in [0.29, 0.717) is 6.04 Å². The van der Waals surface area contributed by atoms with Crippen LogP contribution in [0.15, 0.2) is 0 Å². The number of carbonyl (C=O) groups is 1. The van der Waals surface area contributed by atoms with E-state index in [4.69, 9.17) is 0 Å². The van der Waals surface area contributed by atoms with E-state index < -0.39 is 0 Å². The lowest BCUT2D eigenvalue weighted by Gasteiger charge is -2.13. The van der Waals surface area contributed by atoms with Crippen LogP contribution < -0.4 is 5.32 Å². The van der Waals surface area contributed by atoms with E-state index in [1.54, 1.807) is 0 Å². The molecule has 186 valence electrons. The van der Waals surface area contributed by atoms with Crippen molar-refractivity contribution in [3.05, 3.63) is 0 Å². The Balaban J connectivity index is 3.29. The van der Waals surface area contributed by atoms with Crippen molar-refractivity contribution in [3.63, 3.8) is 0 Å². The molecular weight excluding hydrogens is 378 g/mol. The maximum absolute atomic E-state index is 12.1. The van der Waals surface area contributed by atoms with Gasteiger partial charge in [0.15, 0.2) is 0 Å². The summed E-state index contributed by atoms with van der Waals surface area (Å²) in [5, 5.41) is 3.21. The van der Waals surface area contributed by atoms with Crippen molar-refractivity contribution in [1.29, 1.82) is 0 Å². The smallest absolute Gasteiger partial charge is 0.220 e. The topological polar surface area (TPSA) is 29.1 Å². The first-order chi connectivity index (χ1) is 15.2. The number of nitrogens with one attached hydrogen (secondary N) is 1. The predicted molar refractivity (Wildman–Crippen MR) is 140 cm³/mol. The standard InChI is InChI=1S/C29H59NO/c1-4-6-8-10-12-14-15-16-17-19-21-23-25-27-29(31)30-28(3)26-24-22-20-18-13-11-9-7-5-2/h28H,4-27H2,1-3H3,(H,30,31). The van der Waals surface area contributed by atoms with Gasteiger partial charge in [0.05, 0.1) is 0 Å². The number of carbonyl (C=O) groups excluding carboxylic acids is 1. The third-order valence-corrected chi connectivity index (χ3v) is 6.66. The van der Waals surface area contributed by atoms with Crippen molar-refractivity contribution in [2.24, 2.45) is 0 Å². The monoisotopic (exact) mass is 437 g/mol. The van der Waals surface area contributed by atoms with E-state index in [-0.39, 0.29) is 5.91 Å². The van der Waals surface area contributed by atoms with Crippen LogP contribution in [-0.2, 0) is 4.79 Å². The zero-order valence-corrected chi connectivity index (χ0v) is 22.0. The quantitative estimate of drug-likeness (QED) is 0.141. The fourth-order valence-electron chi connectivity index (χ4n) is 4.48. The highest BCUT2D eigenvalue weighted by molar-refractivity contribution is 5.76. The van der Waals surface area contributed by atoms with E-state index in [9.17, 15) is 4.79 Å².